The fraction of sp³-hybridized carbons (Fsp3) is 0.474. The van der Waals surface area contributed by atoms with E-state index in [1.54, 1.807) is 11.3 Å². The average molecular weight is 403 g/mol. The van der Waals surface area contributed by atoms with Crippen molar-refractivity contribution in [3.63, 3.8) is 0 Å². The molecule has 0 radical (unpaired) electrons. The summed E-state index contributed by atoms with van der Waals surface area (Å²) in [6.45, 7) is 6.27. The number of nitrogens with one attached hydrogen (secondary N) is 2. The summed E-state index contributed by atoms with van der Waals surface area (Å²) < 4.78 is 0. The average Bonchev–Trinajstić information content (AvgIpc) is 3.27. The molecule has 4 rings (SSSR count). The molecule has 1 aliphatic carbocycles. The Morgan fingerprint density at radius 1 is 1.30 bits per heavy atom. The number of carbonyl (C=O) groups excluding carboxylic acids is 1. The van der Waals surface area contributed by atoms with Crippen LogP contribution in [0.25, 0.3) is 10.2 Å². The summed E-state index contributed by atoms with van der Waals surface area (Å²) in [6.07, 6.45) is 3.78. The molecule has 0 saturated carbocycles. The molecule has 0 fully saturated rings. The van der Waals surface area contributed by atoms with Crippen molar-refractivity contribution in [2.45, 2.75) is 58.3 Å². The van der Waals surface area contributed by atoms with Crippen LogP contribution < -0.4 is 10.9 Å². The highest BCUT2D eigenvalue weighted by atomic mass is 32.1. The van der Waals surface area contributed by atoms with Crippen molar-refractivity contribution >= 4 is 43.9 Å². The zero-order chi connectivity index (χ0) is 19.2. The van der Waals surface area contributed by atoms with Gasteiger partial charge >= 0.3 is 0 Å². The summed E-state index contributed by atoms with van der Waals surface area (Å²) >= 11 is 3.05. The third kappa shape index (κ3) is 3.68. The normalized spacial score (nSPS) is 13.9. The van der Waals surface area contributed by atoms with E-state index in [2.05, 4.69) is 41.0 Å². The van der Waals surface area contributed by atoms with Crippen LogP contribution in [0.1, 0.15) is 55.6 Å². The zero-order valence-electron chi connectivity index (χ0n) is 15.6. The van der Waals surface area contributed by atoms with Crippen molar-refractivity contribution < 1.29 is 4.79 Å². The minimum absolute atomic E-state index is 0.0424. The fourth-order valence-corrected chi connectivity index (χ4v) is 5.49. The Labute approximate surface area is 165 Å². The molecule has 1 amide bonds. The predicted molar refractivity (Wildman–Crippen MR) is 110 cm³/mol. The Kier molecular flexibility index (Phi) is 4.63. The number of fused-ring (bicyclic) bond motifs is 3. The summed E-state index contributed by atoms with van der Waals surface area (Å²) in [6, 6.07) is 0. The van der Waals surface area contributed by atoms with Gasteiger partial charge in [0.1, 0.15) is 10.7 Å². The topological polar surface area (TPSA) is 87.7 Å². The molecule has 3 aromatic rings. The molecule has 0 aliphatic heterocycles. The second-order valence-electron chi connectivity index (χ2n) is 7.89. The molecule has 142 valence electrons. The Hall–Kier alpha value is -2.06. The van der Waals surface area contributed by atoms with Crippen LogP contribution in [-0.4, -0.2) is 20.9 Å². The number of thiazole rings is 1. The molecular formula is C19H22N4O2S2. The first-order valence-electron chi connectivity index (χ1n) is 9.10. The first kappa shape index (κ1) is 18.3. The summed E-state index contributed by atoms with van der Waals surface area (Å²) in [5.74, 6) is 0.443. The molecule has 0 aromatic carbocycles. The van der Waals surface area contributed by atoms with Gasteiger partial charge in [-0.15, -0.1) is 22.7 Å². The first-order valence-corrected chi connectivity index (χ1v) is 10.8. The molecule has 0 bridgehead atoms. The molecule has 0 spiro atoms. The van der Waals surface area contributed by atoms with Crippen LogP contribution in [0.3, 0.4) is 0 Å². The molecule has 2 N–H and O–H groups in total. The quantitative estimate of drug-likeness (QED) is 0.695. The van der Waals surface area contributed by atoms with E-state index < -0.39 is 0 Å². The fourth-order valence-electron chi connectivity index (χ4n) is 3.25. The van der Waals surface area contributed by atoms with Crippen molar-refractivity contribution in [3.05, 3.63) is 37.7 Å². The standard InChI is InChI=1S/C19H22N4O2S2/c1-19(2,3)12-9-26-18(20-12)23-14(24)8-7-13-21-16(25)15-10-5-4-6-11(10)27-17(15)22-13/h9H,4-8H2,1-3H3,(H,20,23,24)(H,21,22,25). The highest BCUT2D eigenvalue weighted by Gasteiger charge is 2.21. The lowest BCUT2D eigenvalue weighted by Gasteiger charge is -2.14. The molecule has 1 aliphatic rings. The van der Waals surface area contributed by atoms with Crippen LogP contribution in [0.5, 0.6) is 0 Å². The van der Waals surface area contributed by atoms with Gasteiger partial charge in [-0.3, -0.25) is 9.59 Å². The number of hydrogen-bond acceptors (Lipinski definition) is 6. The zero-order valence-corrected chi connectivity index (χ0v) is 17.3. The van der Waals surface area contributed by atoms with E-state index in [1.165, 1.54) is 21.8 Å². The van der Waals surface area contributed by atoms with E-state index in [1.807, 2.05) is 5.38 Å². The maximum atomic E-state index is 12.5. The number of thiophene rings is 1. The van der Waals surface area contributed by atoms with Gasteiger partial charge in [-0.25, -0.2) is 9.97 Å². The molecule has 6 nitrogen and oxygen atoms in total. The second kappa shape index (κ2) is 6.83. The van der Waals surface area contributed by atoms with Crippen molar-refractivity contribution in [1.82, 2.24) is 15.0 Å². The molecule has 0 atom stereocenters. The number of aromatic amines is 1. The molecule has 0 saturated heterocycles. The van der Waals surface area contributed by atoms with Crippen molar-refractivity contribution in [3.8, 4) is 0 Å². The number of nitrogens with zero attached hydrogens (tertiary/aromatic N) is 2. The van der Waals surface area contributed by atoms with Crippen LogP contribution in [0.4, 0.5) is 5.13 Å². The molecule has 3 heterocycles. The van der Waals surface area contributed by atoms with Gasteiger partial charge in [-0.2, -0.15) is 0 Å². The summed E-state index contributed by atoms with van der Waals surface area (Å²) in [5.41, 5.74) is 2.01. The maximum absolute atomic E-state index is 12.5. The summed E-state index contributed by atoms with van der Waals surface area (Å²) in [5, 5.41) is 6.17. The Morgan fingerprint density at radius 3 is 2.85 bits per heavy atom. The van der Waals surface area contributed by atoms with Crippen LogP contribution in [0, 0.1) is 0 Å². The van der Waals surface area contributed by atoms with Gasteiger partial charge in [0.25, 0.3) is 5.56 Å². The Balaban J connectivity index is 1.43. The predicted octanol–water partition coefficient (Wildman–Crippen LogP) is 3.80. The van der Waals surface area contributed by atoms with Gasteiger partial charge in [0.05, 0.1) is 11.1 Å². The number of aromatic nitrogens is 3. The molecule has 0 unspecified atom stereocenters. The SMILES string of the molecule is CC(C)(C)c1csc(NC(=O)CCc2nc3sc4c(c3c(=O)[nH]2)CCC4)n1. The van der Waals surface area contributed by atoms with Crippen LogP contribution in [0.2, 0.25) is 0 Å². The number of amides is 1. The van der Waals surface area contributed by atoms with Crippen molar-refractivity contribution in [1.29, 1.82) is 0 Å². The summed E-state index contributed by atoms with van der Waals surface area (Å²) in [7, 11) is 0. The third-order valence-electron chi connectivity index (χ3n) is 4.73. The lowest BCUT2D eigenvalue weighted by molar-refractivity contribution is -0.116. The number of H-pyrrole nitrogens is 1. The molecule has 8 heteroatoms. The van der Waals surface area contributed by atoms with E-state index in [4.69, 9.17) is 0 Å². The van der Waals surface area contributed by atoms with Gasteiger partial charge in [-0.1, -0.05) is 20.8 Å². The highest BCUT2D eigenvalue weighted by molar-refractivity contribution is 7.18. The van der Waals surface area contributed by atoms with Gasteiger partial charge in [0.2, 0.25) is 5.91 Å². The van der Waals surface area contributed by atoms with Crippen LogP contribution in [-0.2, 0) is 29.5 Å². The number of carbonyl (C=O) groups is 1. The third-order valence-corrected chi connectivity index (χ3v) is 6.68. The van der Waals surface area contributed by atoms with Crippen LogP contribution >= 0.6 is 22.7 Å². The van der Waals surface area contributed by atoms with E-state index in [-0.39, 0.29) is 23.3 Å². The van der Waals surface area contributed by atoms with Gasteiger partial charge in [0.15, 0.2) is 5.13 Å². The van der Waals surface area contributed by atoms with E-state index >= 15 is 0 Å². The largest absolute Gasteiger partial charge is 0.310 e. The molecular weight excluding hydrogens is 380 g/mol. The number of hydrogen-bond donors (Lipinski definition) is 2. The Morgan fingerprint density at radius 2 is 2.11 bits per heavy atom. The number of rotatable bonds is 4. The lowest BCUT2D eigenvalue weighted by Crippen LogP contribution is -2.16. The summed E-state index contributed by atoms with van der Waals surface area (Å²) in [4.78, 5) is 38.7. The van der Waals surface area contributed by atoms with Crippen LogP contribution in [0.15, 0.2) is 10.2 Å². The van der Waals surface area contributed by atoms with E-state index in [0.717, 1.165) is 35.2 Å². The Bertz CT molecular complexity index is 1070. The smallest absolute Gasteiger partial charge is 0.259 e. The van der Waals surface area contributed by atoms with Gasteiger partial charge in [0, 0.05) is 28.5 Å². The second-order valence-corrected chi connectivity index (χ2v) is 9.83. The highest BCUT2D eigenvalue weighted by Crippen LogP contribution is 2.34. The van der Waals surface area contributed by atoms with Gasteiger partial charge < -0.3 is 10.3 Å². The van der Waals surface area contributed by atoms with Crippen molar-refractivity contribution in [2.75, 3.05) is 5.32 Å². The number of anilines is 1. The number of aryl methyl sites for hydroxylation is 3. The molecule has 3 aromatic heterocycles. The lowest BCUT2D eigenvalue weighted by atomic mass is 9.93. The monoisotopic (exact) mass is 402 g/mol. The minimum atomic E-state index is -0.124. The minimum Gasteiger partial charge on any atom is -0.310 e. The van der Waals surface area contributed by atoms with Crippen molar-refractivity contribution in [2.24, 2.45) is 0 Å². The molecule has 27 heavy (non-hydrogen) atoms. The van der Waals surface area contributed by atoms with E-state index in [0.29, 0.717) is 17.4 Å². The first-order chi connectivity index (χ1) is 12.8. The van der Waals surface area contributed by atoms with Gasteiger partial charge in [-0.05, 0) is 24.8 Å². The maximum Gasteiger partial charge on any atom is 0.259 e. The van der Waals surface area contributed by atoms with E-state index in [9.17, 15) is 9.59 Å².